The van der Waals surface area contributed by atoms with Gasteiger partial charge in [-0.05, 0) is 49.7 Å². The van der Waals surface area contributed by atoms with E-state index in [1.165, 1.54) is 0 Å². The highest BCUT2D eigenvalue weighted by atomic mass is 16.5. The number of carbonyl (C=O) groups excluding carboxylic acids is 2. The molecule has 1 aliphatic rings. The molecule has 1 N–H and O–H groups in total. The first-order valence-electron chi connectivity index (χ1n) is 10.0. The number of benzene rings is 1. The minimum absolute atomic E-state index is 0.0325. The summed E-state index contributed by atoms with van der Waals surface area (Å²) in [6, 6.07) is 12.4. The first kappa shape index (κ1) is 20.5. The van der Waals surface area contributed by atoms with Crippen LogP contribution in [0.3, 0.4) is 0 Å². The molecular weight excluding hydrogens is 394 g/mol. The van der Waals surface area contributed by atoms with Gasteiger partial charge in [0, 0.05) is 37.1 Å². The topological polar surface area (TPSA) is 97.3 Å². The second-order valence-corrected chi connectivity index (χ2v) is 7.36. The Hall–Kier alpha value is -3.81. The predicted molar refractivity (Wildman–Crippen MR) is 115 cm³/mol. The standard InChI is InChI=1S/C23H23N5O3/c1-15-19(22(29)27-17-6-8-18(31-2)9-7-17)13-25-21(26-15)16-10-12-28(14-16)23(30)20-5-3-4-11-24-20/h3-9,11,13,16H,10,12,14H2,1-2H3,(H,27,29)/t16-/m1/s1. The molecule has 8 heteroatoms. The predicted octanol–water partition coefficient (Wildman–Crippen LogP) is 3.07. The fraction of sp³-hybridized carbons (Fsp3) is 0.261. The van der Waals surface area contributed by atoms with Crippen molar-refractivity contribution < 1.29 is 14.3 Å². The molecule has 2 aromatic heterocycles. The summed E-state index contributed by atoms with van der Waals surface area (Å²) in [6.07, 6.45) is 3.94. The summed E-state index contributed by atoms with van der Waals surface area (Å²) in [6.45, 7) is 2.95. The maximum absolute atomic E-state index is 12.6. The minimum Gasteiger partial charge on any atom is -0.497 e. The van der Waals surface area contributed by atoms with Gasteiger partial charge in [-0.25, -0.2) is 9.97 Å². The highest BCUT2D eigenvalue weighted by molar-refractivity contribution is 6.04. The van der Waals surface area contributed by atoms with Crippen LogP contribution in [0.1, 0.15) is 44.7 Å². The molecule has 3 heterocycles. The number of pyridine rings is 1. The lowest BCUT2D eigenvalue weighted by Gasteiger charge is -2.16. The Bertz CT molecular complexity index is 1090. The van der Waals surface area contributed by atoms with Crippen molar-refractivity contribution in [2.75, 3.05) is 25.5 Å². The molecule has 2 amide bonds. The third-order valence-corrected chi connectivity index (χ3v) is 5.32. The number of aromatic nitrogens is 3. The van der Waals surface area contributed by atoms with E-state index in [4.69, 9.17) is 4.74 Å². The van der Waals surface area contributed by atoms with Gasteiger partial charge in [0.05, 0.1) is 18.4 Å². The lowest BCUT2D eigenvalue weighted by molar-refractivity contribution is 0.0784. The van der Waals surface area contributed by atoms with E-state index < -0.39 is 0 Å². The molecule has 0 unspecified atom stereocenters. The summed E-state index contributed by atoms with van der Waals surface area (Å²) in [5.41, 5.74) is 2.11. The Morgan fingerprint density at radius 2 is 1.94 bits per heavy atom. The summed E-state index contributed by atoms with van der Waals surface area (Å²) in [5, 5.41) is 2.85. The lowest BCUT2D eigenvalue weighted by Crippen LogP contribution is -2.29. The maximum atomic E-state index is 12.6. The highest BCUT2D eigenvalue weighted by Crippen LogP contribution is 2.26. The van der Waals surface area contributed by atoms with Crippen LogP contribution in [0, 0.1) is 6.92 Å². The van der Waals surface area contributed by atoms with Crippen LogP contribution in [0.15, 0.2) is 54.9 Å². The van der Waals surface area contributed by atoms with Gasteiger partial charge in [-0.3, -0.25) is 14.6 Å². The van der Waals surface area contributed by atoms with Crippen LogP contribution in [0.2, 0.25) is 0 Å². The number of methoxy groups -OCH3 is 1. The highest BCUT2D eigenvalue weighted by Gasteiger charge is 2.30. The quantitative estimate of drug-likeness (QED) is 0.685. The first-order valence-corrected chi connectivity index (χ1v) is 10.0. The minimum atomic E-state index is -0.271. The number of hydrogen-bond donors (Lipinski definition) is 1. The number of rotatable bonds is 5. The number of anilines is 1. The Kier molecular flexibility index (Phi) is 5.88. The van der Waals surface area contributed by atoms with Crippen molar-refractivity contribution in [2.45, 2.75) is 19.3 Å². The fourth-order valence-corrected chi connectivity index (χ4v) is 3.58. The van der Waals surface area contributed by atoms with Crippen LogP contribution >= 0.6 is 0 Å². The molecule has 31 heavy (non-hydrogen) atoms. The number of aryl methyl sites for hydroxylation is 1. The Morgan fingerprint density at radius 3 is 2.61 bits per heavy atom. The van der Waals surface area contributed by atoms with E-state index in [0.29, 0.717) is 47.3 Å². The molecular formula is C23H23N5O3. The van der Waals surface area contributed by atoms with Gasteiger partial charge in [-0.15, -0.1) is 0 Å². The van der Waals surface area contributed by atoms with Crippen molar-refractivity contribution in [3.05, 3.63) is 77.6 Å². The Labute approximate surface area is 180 Å². The number of carbonyl (C=O) groups is 2. The summed E-state index contributed by atoms with van der Waals surface area (Å²) in [7, 11) is 1.59. The molecule has 4 rings (SSSR count). The van der Waals surface area contributed by atoms with Gasteiger partial charge in [-0.2, -0.15) is 0 Å². The first-order chi connectivity index (χ1) is 15.0. The Morgan fingerprint density at radius 1 is 1.13 bits per heavy atom. The van der Waals surface area contributed by atoms with E-state index in [1.807, 2.05) is 0 Å². The van der Waals surface area contributed by atoms with Gasteiger partial charge in [0.2, 0.25) is 0 Å². The van der Waals surface area contributed by atoms with Gasteiger partial charge in [0.25, 0.3) is 11.8 Å². The van der Waals surface area contributed by atoms with Gasteiger partial charge in [-0.1, -0.05) is 6.07 Å². The molecule has 158 valence electrons. The maximum Gasteiger partial charge on any atom is 0.272 e. The number of amides is 2. The third kappa shape index (κ3) is 4.53. The van der Waals surface area contributed by atoms with Crippen molar-refractivity contribution >= 4 is 17.5 Å². The van der Waals surface area contributed by atoms with E-state index in [1.54, 1.807) is 73.8 Å². The van der Waals surface area contributed by atoms with Crippen LogP contribution in [0.25, 0.3) is 0 Å². The summed E-state index contributed by atoms with van der Waals surface area (Å²) < 4.78 is 5.13. The van der Waals surface area contributed by atoms with Gasteiger partial charge in [0.1, 0.15) is 17.3 Å². The smallest absolute Gasteiger partial charge is 0.272 e. The van der Waals surface area contributed by atoms with Crippen molar-refractivity contribution in [2.24, 2.45) is 0 Å². The molecule has 0 saturated carbocycles. The molecule has 1 atom stereocenters. The molecule has 1 saturated heterocycles. The average molecular weight is 417 g/mol. The summed E-state index contributed by atoms with van der Waals surface area (Å²) in [5.74, 6) is 1.04. The molecule has 0 aliphatic carbocycles. The molecule has 0 spiro atoms. The third-order valence-electron chi connectivity index (χ3n) is 5.32. The molecule has 0 bridgehead atoms. The number of nitrogens with zero attached hydrogens (tertiary/aromatic N) is 4. The fourth-order valence-electron chi connectivity index (χ4n) is 3.58. The number of likely N-dealkylation sites (tertiary alicyclic amines) is 1. The van der Waals surface area contributed by atoms with E-state index in [0.717, 1.165) is 6.42 Å². The zero-order valence-corrected chi connectivity index (χ0v) is 17.4. The molecule has 3 aromatic rings. The lowest BCUT2D eigenvalue weighted by atomic mass is 10.1. The normalized spacial score (nSPS) is 15.5. The van der Waals surface area contributed by atoms with Crippen LogP contribution in [-0.4, -0.2) is 51.9 Å². The van der Waals surface area contributed by atoms with E-state index in [2.05, 4.69) is 20.3 Å². The van der Waals surface area contributed by atoms with E-state index in [-0.39, 0.29) is 17.7 Å². The molecule has 0 radical (unpaired) electrons. The molecule has 1 aromatic carbocycles. The van der Waals surface area contributed by atoms with Crippen molar-refractivity contribution in [3.8, 4) is 5.75 Å². The summed E-state index contributed by atoms with van der Waals surface area (Å²) in [4.78, 5) is 40.2. The number of hydrogen-bond acceptors (Lipinski definition) is 6. The van der Waals surface area contributed by atoms with E-state index in [9.17, 15) is 9.59 Å². The molecule has 8 nitrogen and oxygen atoms in total. The van der Waals surface area contributed by atoms with Crippen molar-refractivity contribution in [1.82, 2.24) is 19.9 Å². The van der Waals surface area contributed by atoms with Gasteiger partial charge < -0.3 is 15.0 Å². The molecule has 1 aliphatic heterocycles. The monoisotopic (exact) mass is 417 g/mol. The van der Waals surface area contributed by atoms with Crippen molar-refractivity contribution in [3.63, 3.8) is 0 Å². The second-order valence-electron chi connectivity index (χ2n) is 7.36. The van der Waals surface area contributed by atoms with Crippen LogP contribution in [0.4, 0.5) is 5.69 Å². The van der Waals surface area contributed by atoms with Crippen molar-refractivity contribution in [1.29, 1.82) is 0 Å². The van der Waals surface area contributed by atoms with E-state index >= 15 is 0 Å². The number of nitrogens with one attached hydrogen (secondary N) is 1. The molecule has 1 fully saturated rings. The summed E-state index contributed by atoms with van der Waals surface area (Å²) >= 11 is 0. The SMILES string of the molecule is COc1ccc(NC(=O)c2cnc([C@@H]3CCN(C(=O)c4ccccn4)C3)nc2C)cc1. The Balaban J connectivity index is 1.42. The zero-order valence-electron chi connectivity index (χ0n) is 17.4. The second kappa shape index (κ2) is 8.91. The average Bonchev–Trinajstić information content (AvgIpc) is 3.30. The largest absolute Gasteiger partial charge is 0.497 e. The van der Waals surface area contributed by atoms with Crippen LogP contribution in [-0.2, 0) is 0 Å². The van der Waals surface area contributed by atoms with Crippen LogP contribution in [0.5, 0.6) is 5.75 Å². The van der Waals surface area contributed by atoms with Crippen LogP contribution < -0.4 is 10.1 Å². The van der Waals surface area contributed by atoms with Gasteiger partial charge >= 0.3 is 0 Å². The zero-order chi connectivity index (χ0) is 21.8. The van der Waals surface area contributed by atoms with Gasteiger partial charge in [0.15, 0.2) is 0 Å². The number of ether oxygens (including phenoxy) is 1.